The normalized spacial score (nSPS) is 15.7. The van der Waals surface area contributed by atoms with Gasteiger partial charge in [0.05, 0.1) is 6.10 Å². The smallest absolute Gasteiger partial charge is 0.422 e. The van der Waals surface area contributed by atoms with Crippen molar-refractivity contribution in [2.45, 2.75) is 38.2 Å². The van der Waals surface area contributed by atoms with Crippen molar-refractivity contribution in [1.29, 1.82) is 0 Å². The van der Waals surface area contributed by atoms with Gasteiger partial charge in [0, 0.05) is 33.3 Å². The molecule has 2 aromatic rings. The van der Waals surface area contributed by atoms with Gasteiger partial charge in [-0.2, -0.15) is 23.1 Å². The summed E-state index contributed by atoms with van der Waals surface area (Å²) in [5, 5.41) is 2.98. The number of methoxy groups -OCH3 is 1. The van der Waals surface area contributed by atoms with E-state index in [1.54, 1.807) is 7.11 Å². The van der Waals surface area contributed by atoms with Crippen LogP contribution in [-0.4, -0.2) is 54.0 Å². The van der Waals surface area contributed by atoms with Gasteiger partial charge in [0.25, 0.3) is 0 Å². The number of hydrogen-bond donors (Lipinski definition) is 3. The number of anilines is 3. The molecule has 1 aromatic heterocycles. The van der Waals surface area contributed by atoms with E-state index < -0.39 is 18.8 Å². The highest BCUT2D eigenvalue weighted by Crippen LogP contribution is 2.26. The third-order valence-corrected chi connectivity index (χ3v) is 5.08. The van der Waals surface area contributed by atoms with Gasteiger partial charge in [-0.25, -0.2) is 0 Å². The number of nitrogens with two attached hydrogens (primary N) is 2. The molecule has 0 spiro atoms. The van der Waals surface area contributed by atoms with Gasteiger partial charge < -0.3 is 26.3 Å². The molecule has 1 aromatic carbocycles. The van der Waals surface area contributed by atoms with Crippen molar-refractivity contribution < 1.29 is 22.6 Å². The minimum Gasteiger partial charge on any atom is -0.454 e. The van der Waals surface area contributed by atoms with Crippen LogP contribution in [-0.2, 0) is 17.8 Å². The molecule has 1 fully saturated rings. The molecule has 11 heteroatoms. The number of halogens is 3. The monoisotopic (exact) mass is 440 g/mol. The fourth-order valence-electron chi connectivity index (χ4n) is 3.32. The summed E-state index contributed by atoms with van der Waals surface area (Å²) >= 11 is 0. The van der Waals surface area contributed by atoms with Gasteiger partial charge in [-0.3, -0.25) is 4.90 Å². The minimum atomic E-state index is -4.51. The summed E-state index contributed by atoms with van der Waals surface area (Å²) in [6.45, 7) is 1.74. The Morgan fingerprint density at radius 1 is 1.10 bits per heavy atom. The molecule has 0 unspecified atom stereocenters. The molecule has 2 heterocycles. The van der Waals surface area contributed by atoms with Crippen molar-refractivity contribution in [3.05, 3.63) is 35.4 Å². The fraction of sp³-hybridized carbons (Fsp3) is 0.500. The van der Waals surface area contributed by atoms with Crippen LogP contribution in [0.2, 0.25) is 0 Å². The zero-order chi connectivity index (χ0) is 22.4. The molecule has 5 N–H and O–H groups in total. The lowest BCUT2D eigenvalue weighted by atomic mass is 10.1. The molecule has 1 aliphatic rings. The van der Waals surface area contributed by atoms with Gasteiger partial charge in [-0.15, -0.1) is 0 Å². The molecule has 31 heavy (non-hydrogen) atoms. The van der Waals surface area contributed by atoms with Gasteiger partial charge in [-0.1, -0.05) is 24.3 Å². The van der Waals surface area contributed by atoms with E-state index in [0.717, 1.165) is 38.0 Å². The number of alkyl halides is 3. The second-order valence-corrected chi connectivity index (χ2v) is 7.44. The van der Waals surface area contributed by atoms with Crippen molar-refractivity contribution in [3.63, 3.8) is 0 Å². The second-order valence-electron chi connectivity index (χ2n) is 7.44. The Morgan fingerprint density at radius 2 is 1.74 bits per heavy atom. The van der Waals surface area contributed by atoms with E-state index in [-0.39, 0.29) is 17.3 Å². The van der Waals surface area contributed by atoms with Crippen LogP contribution in [0.25, 0.3) is 0 Å². The number of hydrogen-bond acceptors (Lipinski definition) is 8. The Kier molecular flexibility index (Phi) is 7.39. The van der Waals surface area contributed by atoms with Crippen LogP contribution in [0.1, 0.15) is 24.0 Å². The number of benzene rings is 1. The summed E-state index contributed by atoms with van der Waals surface area (Å²) in [4.78, 5) is 9.93. The second kappa shape index (κ2) is 10.0. The zero-order valence-corrected chi connectivity index (χ0v) is 17.3. The first-order valence-corrected chi connectivity index (χ1v) is 9.93. The largest absolute Gasteiger partial charge is 0.454 e. The molecule has 3 rings (SSSR count). The fourth-order valence-corrected chi connectivity index (χ4v) is 3.32. The lowest BCUT2D eigenvalue weighted by Gasteiger charge is -2.31. The van der Waals surface area contributed by atoms with E-state index in [4.69, 9.17) is 16.2 Å². The molecule has 0 bridgehead atoms. The van der Waals surface area contributed by atoms with Crippen LogP contribution in [0.5, 0.6) is 6.01 Å². The Bertz CT molecular complexity index is 855. The summed E-state index contributed by atoms with van der Waals surface area (Å²) in [7, 11) is 1.76. The van der Waals surface area contributed by atoms with E-state index >= 15 is 0 Å². The van der Waals surface area contributed by atoms with Gasteiger partial charge >= 0.3 is 12.2 Å². The topological polar surface area (TPSA) is 112 Å². The number of likely N-dealkylation sites (tertiary alicyclic amines) is 1. The molecule has 0 saturated carbocycles. The van der Waals surface area contributed by atoms with Crippen LogP contribution >= 0.6 is 0 Å². The quantitative estimate of drug-likeness (QED) is 0.575. The molecule has 0 amide bonds. The van der Waals surface area contributed by atoms with Crippen LogP contribution < -0.4 is 21.5 Å². The average molecular weight is 440 g/mol. The van der Waals surface area contributed by atoms with E-state index in [1.807, 2.05) is 12.1 Å². The number of piperidine rings is 1. The van der Waals surface area contributed by atoms with Crippen LogP contribution in [0.15, 0.2) is 24.3 Å². The number of ether oxygens (including phenoxy) is 2. The van der Waals surface area contributed by atoms with Gasteiger partial charge in [0.2, 0.25) is 0 Å². The van der Waals surface area contributed by atoms with E-state index in [0.29, 0.717) is 12.6 Å². The summed E-state index contributed by atoms with van der Waals surface area (Å²) in [6.07, 6.45) is -2.07. The number of nitrogens with one attached hydrogen (secondary N) is 1. The maximum atomic E-state index is 12.3. The number of aromatic nitrogens is 2. The highest BCUT2D eigenvalue weighted by Gasteiger charge is 2.29. The Labute approximate surface area is 178 Å². The molecular weight excluding hydrogens is 413 g/mol. The van der Waals surface area contributed by atoms with Crippen LogP contribution in [0, 0.1) is 0 Å². The van der Waals surface area contributed by atoms with Gasteiger partial charge in [0.1, 0.15) is 5.69 Å². The molecule has 170 valence electrons. The third kappa shape index (κ3) is 6.86. The average Bonchev–Trinajstić information content (AvgIpc) is 2.74. The lowest BCUT2D eigenvalue weighted by molar-refractivity contribution is -0.154. The summed E-state index contributed by atoms with van der Waals surface area (Å²) in [5.74, 6) is -0.0305. The predicted octanol–water partition coefficient (Wildman–Crippen LogP) is 2.81. The van der Waals surface area contributed by atoms with Crippen molar-refractivity contribution >= 4 is 17.3 Å². The van der Waals surface area contributed by atoms with Crippen LogP contribution in [0.3, 0.4) is 0 Å². The van der Waals surface area contributed by atoms with Crippen LogP contribution in [0.4, 0.5) is 30.5 Å². The summed E-state index contributed by atoms with van der Waals surface area (Å²) in [6, 6.07) is 7.57. The van der Waals surface area contributed by atoms with E-state index in [9.17, 15) is 13.2 Å². The number of rotatable bonds is 8. The third-order valence-electron chi connectivity index (χ3n) is 5.08. The molecular formula is C20H27F3N6O2. The lowest BCUT2D eigenvalue weighted by Crippen LogP contribution is -2.36. The Balaban J connectivity index is 1.55. The molecule has 0 radical (unpaired) electrons. The standard InChI is InChI=1S/C20H27F3N6O2/c1-30-15-6-8-29(9-7-15)11-14-4-2-13(3-5-14)10-26-18-16(24)17(25)27-19(28-18)31-12-20(21,22)23/h2-5,15H,6-12,24H2,1H3,(H3,25,26,27,28). The SMILES string of the molecule is COC1CCN(Cc2ccc(CNc3nc(OCC(F)(F)F)nc(N)c3N)cc2)CC1. The first-order valence-electron chi connectivity index (χ1n) is 9.93. The summed E-state index contributed by atoms with van der Waals surface area (Å²) in [5.41, 5.74) is 13.7. The molecule has 8 nitrogen and oxygen atoms in total. The Morgan fingerprint density at radius 3 is 2.35 bits per heavy atom. The maximum absolute atomic E-state index is 12.3. The Hall–Kier alpha value is -2.79. The molecule has 1 aliphatic heterocycles. The van der Waals surface area contributed by atoms with E-state index in [2.05, 4.69) is 37.1 Å². The highest BCUT2D eigenvalue weighted by atomic mass is 19.4. The first-order chi connectivity index (χ1) is 14.7. The minimum absolute atomic E-state index is 0.0513. The highest BCUT2D eigenvalue weighted by molar-refractivity contribution is 5.73. The molecule has 1 saturated heterocycles. The first kappa shape index (κ1) is 22.9. The van der Waals surface area contributed by atoms with Crippen molar-refractivity contribution in [1.82, 2.24) is 14.9 Å². The predicted molar refractivity (Wildman–Crippen MR) is 111 cm³/mol. The summed E-state index contributed by atoms with van der Waals surface area (Å²) < 4.78 is 47.0. The van der Waals surface area contributed by atoms with Gasteiger partial charge in [0.15, 0.2) is 18.2 Å². The number of nitrogens with zero attached hydrogens (tertiary/aromatic N) is 3. The van der Waals surface area contributed by atoms with E-state index in [1.165, 1.54) is 5.56 Å². The van der Waals surface area contributed by atoms with Crippen molar-refractivity contribution in [2.75, 3.05) is 43.6 Å². The van der Waals surface area contributed by atoms with Gasteiger partial charge in [-0.05, 0) is 24.0 Å². The molecule has 0 aliphatic carbocycles. The number of nitrogen functional groups attached to an aromatic ring is 2. The zero-order valence-electron chi connectivity index (χ0n) is 17.3. The molecule has 0 atom stereocenters. The van der Waals surface area contributed by atoms with Crippen molar-refractivity contribution in [2.24, 2.45) is 0 Å². The van der Waals surface area contributed by atoms with Crippen molar-refractivity contribution in [3.8, 4) is 6.01 Å². The maximum Gasteiger partial charge on any atom is 0.422 e.